The number of hydrogen-bond acceptors (Lipinski definition) is 14. The zero-order valence-electron chi connectivity index (χ0n) is 74.4. The molecular formula is C107H124N8O8. The van der Waals surface area contributed by atoms with Gasteiger partial charge in [0.2, 0.25) is 0 Å². The van der Waals surface area contributed by atoms with E-state index in [-0.39, 0.29) is 54.2 Å². The van der Waals surface area contributed by atoms with Gasteiger partial charge in [0.15, 0.2) is 63.6 Å². The maximum atomic E-state index is 17.7. The van der Waals surface area contributed by atoms with Crippen molar-refractivity contribution < 1.29 is 38.0 Å². The van der Waals surface area contributed by atoms with Gasteiger partial charge in [-0.2, -0.15) is 0 Å². The third-order valence-corrected chi connectivity index (χ3v) is 27.3. The highest BCUT2D eigenvalue weighted by Gasteiger charge is 2.82. The maximum absolute atomic E-state index is 17.7. The molecule has 12 atom stereocenters. The van der Waals surface area contributed by atoms with Crippen LogP contribution in [0.1, 0.15) is 283 Å². The summed E-state index contributed by atoms with van der Waals surface area (Å²) < 4.78 is 51.6. The molecule has 4 aliphatic heterocycles. The van der Waals surface area contributed by atoms with Crippen LogP contribution in [0.4, 0.5) is 0 Å². The van der Waals surface area contributed by atoms with Crippen molar-refractivity contribution in [2.24, 2.45) is 11.8 Å². The second kappa shape index (κ2) is 37.0. The number of aromatic nitrogens is 8. The number of fused-ring (bicyclic) bond motifs is 32. The summed E-state index contributed by atoms with van der Waals surface area (Å²) in [5.74, 6) is 4.98. The van der Waals surface area contributed by atoms with Gasteiger partial charge >= 0.3 is 0 Å². The summed E-state index contributed by atoms with van der Waals surface area (Å²) in [7, 11) is 0. The van der Waals surface area contributed by atoms with Crippen molar-refractivity contribution in [3.05, 3.63) is 203 Å². The number of benzene rings is 8. The number of hydrogen-bond donors (Lipinski definition) is 2. The minimum absolute atomic E-state index is 0.0693. The van der Waals surface area contributed by atoms with Crippen LogP contribution in [-0.2, 0) is 20.4 Å². The fourth-order valence-corrected chi connectivity index (χ4v) is 20.8. The van der Waals surface area contributed by atoms with Gasteiger partial charge in [0, 0.05) is 55.6 Å². The predicted octanol–water partition coefficient (Wildman–Crippen LogP) is 27.4. The second-order valence-electron chi connectivity index (χ2n) is 35.1. The normalized spacial score (nSPS) is 19.8. The van der Waals surface area contributed by atoms with E-state index in [1.54, 1.807) is 0 Å². The highest BCUT2D eigenvalue weighted by atomic mass is 16.5. The number of nitrogens with one attached hydrogen (secondary N) is 2. The first-order chi connectivity index (χ1) is 60.3. The van der Waals surface area contributed by atoms with Gasteiger partial charge in [-0.05, 0) is 170 Å². The lowest BCUT2D eigenvalue weighted by atomic mass is 9.54. The fourth-order valence-electron chi connectivity index (χ4n) is 20.8. The molecular weight excluding hydrogens is 1530 g/mol. The number of Topliss-reactive ketones (excluding diaryl/α,β-unsaturated/α-hetero) is 1. The van der Waals surface area contributed by atoms with E-state index >= 15 is 4.79 Å². The number of nitrogens with zero attached hydrogens (tertiary/aromatic N) is 6. The van der Waals surface area contributed by atoms with Gasteiger partial charge in [-0.1, -0.05) is 281 Å². The zero-order valence-corrected chi connectivity index (χ0v) is 74.4. The smallest absolute Gasteiger partial charge is 0.164 e. The van der Waals surface area contributed by atoms with Crippen molar-refractivity contribution in [3.63, 3.8) is 0 Å². The highest BCUT2D eigenvalue weighted by molar-refractivity contribution is 6.30. The lowest BCUT2D eigenvalue weighted by Crippen LogP contribution is -2.42. The minimum atomic E-state index is -1.17. The number of aromatic amines is 2. The molecule has 11 aromatic rings. The topological polar surface area (TPSA) is 191 Å². The molecule has 16 heteroatoms. The number of ketones is 1. The van der Waals surface area contributed by atoms with E-state index in [0.717, 1.165) is 242 Å². The minimum Gasteiger partial charge on any atom is -0.487 e. The first-order valence-corrected chi connectivity index (χ1v) is 47.0. The molecule has 2 aliphatic carbocycles. The number of carbonyl (C=O) groups is 1. The number of ether oxygens (including phenoxy) is 7. The van der Waals surface area contributed by atoms with Crippen LogP contribution in [0.25, 0.3) is 101 Å². The Morgan fingerprint density at radius 3 is 0.813 bits per heavy atom. The molecule has 8 aromatic carbocycles. The zero-order chi connectivity index (χ0) is 85.0. The van der Waals surface area contributed by atoms with E-state index in [9.17, 15) is 0 Å². The summed E-state index contributed by atoms with van der Waals surface area (Å²) in [6.45, 7) is 26.6. The van der Waals surface area contributed by atoms with E-state index in [0.29, 0.717) is 80.4 Å². The van der Waals surface area contributed by atoms with Crippen LogP contribution in [-0.4, -0.2) is 82.3 Å². The summed E-state index contributed by atoms with van der Waals surface area (Å²) in [4.78, 5) is 60.3. The van der Waals surface area contributed by atoms with Crippen molar-refractivity contribution in [2.45, 2.75) is 297 Å². The highest BCUT2D eigenvalue weighted by Crippen LogP contribution is 2.81. The molecule has 1 saturated carbocycles. The number of H-pyrrole nitrogens is 2. The summed E-state index contributed by atoms with van der Waals surface area (Å²) in [6, 6.07) is 59.8. The molecule has 2 fully saturated rings. The first-order valence-electron chi connectivity index (χ1n) is 47.0. The van der Waals surface area contributed by atoms with Crippen LogP contribution < -0.4 is 28.4 Å². The van der Waals surface area contributed by atoms with E-state index in [1.807, 2.05) is 0 Å². The molecule has 1 saturated heterocycles. The van der Waals surface area contributed by atoms with Gasteiger partial charge in [0.25, 0.3) is 0 Å². The Kier molecular flexibility index (Phi) is 25.4. The van der Waals surface area contributed by atoms with Gasteiger partial charge in [0.1, 0.15) is 22.6 Å². The van der Waals surface area contributed by atoms with Crippen LogP contribution in [0.5, 0.6) is 34.5 Å². The van der Waals surface area contributed by atoms with Gasteiger partial charge in [-0.15, -0.1) is 0 Å². The third kappa shape index (κ3) is 15.5. The van der Waals surface area contributed by atoms with Gasteiger partial charge < -0.3 is 43.1 Å². The Labute approximate surface area is 726 Å². The lowest BCUT2D eigenvalue weighted by molar-refractivity contribution is -0.125. The van der Waals surface area contributed by atoms with Crippen LogP contribution in [0, 0.1) is 11.8 Å². The SMILES string of the molecule is CCCCC(CC)Oc1cc2c(cc1OC(CC)CCCC)-c1nc-2nc2[nH]c(nc3nc(nc4[nH]c(n1)c1cc5c(cc41)[C@@H]1OC5C4C1[C@]1(c5ccccc5)C(=O)[C@@]4(c4ccccc4)C(c4ccccc4)=C1c1ccccc1)-c1cc(OC(CC)CCCC)c(OC(CC)CCCC)cc1-3)c1cc(OC(CC)CCCC)c(OC(CC)CCCC)cc21. The Balaban J connectivity index is 0.987. The molecule has 0 radical (unpaired) electrons. The molecule has 12 bridgehead atoms. The molecule has 640 valence electrons. The number of unbranched alkanes of at least 4 members (excludes halogenated alkanes) is 6. The molecule has 2 N–H and O–H groups in total. The van der Waals surface area contributed by atoms with E-state index in [4.69, 9.17) is 63.1 Å². The largest absolute Gasteiger partial charge is 0.487 e. The molecule has 3 aromatic heterocycles. The van der Waals surface area contributed by atoms with Crippen LogP contribution in [0.3, 0.4) is 0 Å². The molecule has 6 aliphatic rings. The molecule has 9 unspecified atom stereocenters. The van der Waals surface area contributed by atoms with Crippen molar-refractivity contribution in [1.29, 1.82) is 0 Å². The second-order valence-corrected chi connectivity index (χ2v) is 35.1. The van der Waals surface area contributed by atoms with Gasteiger partial charge in [-0.3, -0.25) is 4.79 Å². The average Bonchev–Trinajstić information content (AvgIpc) is 1.45. The molecule has 0 amide bonds. The summed E-state index contributed by atoms with van der Waals surface area (Å²) in [5, 5.41) is 3.12. The van der Waals surface area contributed by atoms with E-state index in [2.05, 4.69) is 263 Å². The molecule has 0 spiro atoms. The Morgan fingerprint density at radius 1 is 0.317 bits per heavy atom. The summed E-state index contributed by atoms with van der Waals surface area (Å²) in [6.07, 6.45) is 21.0. The quantitative estimate of drug-likeness (QED) is 0.0369. The number of allylic oxidation sites excluding steroid dienone is 2. The van der Waals surface area contributed by atoms with Crippen molar-refractivity contribution in [1.82, 2.24) is 39.9 Å². The monoisotopic (exact) mass is 1650 g/mol. The predicted molar refractivity (Wildman–Crippen MR) is 496 cm³/mol. The Morgan fingerprint density at radius 2 is 0.561 bits per heavy atom. The summed E-state index contributed by atoms with van der Waals surface area (Å²) >= 11 is 0. The Hall–Kier alpha value is -10.7. The molecule has 7 heterocycles. The Bertz CT molecular complexity index is 5490. The van der Waals surface area contributed by atoms with Crippen molar-refractivity contribution in [3.8, 4) is 80.0 Å². The van der Waals surface area contributed by atoms with E-state index in [1.165, 1.54) is 0 Å². The number of rotatable bonds is 40. The fraction of sp³-hybridized carbons (Fsp3) is 0.449. The maximum Gasteiger partial charge on any atom is 0.164 e. The first kappa shape index (κ1) is 84.5. The molecule has 17 rings (SSSR count). The molecule has 16 nitrogen and oxygen atoms in total. The third-order valence-electron chi connectivity index (χ3n) is 27.3. The van der Waals surface area contributed by atoms with Crippen LogP contribution in [0.2, 0.25) is 0 Å². The van der Waals surface area contributed by atoms with Crippen LogP contribution >= 0.6 is 0 Å². The lowest BCUT2D eigenvalue weighted by Gasteiger charge is -2.45. The average molecular weight is 1650 g/mol. The van der Waals surface area contributed by atoms with Crippen molar-refractivity contribution in [2.75, 3.05) is 0 Å². The van der Waals surface area contributed by atoms with Crippen LogP contribution in [0.15, 0.2) is 170 Å². The summed E-state index contributed by atoms with van der Waals surface area (Å²) in [5.41, 5.74) is 10.6. The number of carbonyl (C=O) groups excluding carboxylic acids is 1. The molecule has 123 heavy (non-hydrogen) atoms. The van der Waals surface area contributed by atoms with Crippen molar-refractivity contribution >= 4 is 61.1 Å². The van der Waals surface area contributed by atoms with E-state index < -0.39 is 23.0 Å². The van der Waals surface area contributed by atoms with Gasteiger partial charge in [-0.25, -0.2) is 29.9 Å². The standard InChI is InChI=1S/C107H124N8O8/c1-13-25-51-69(19-7)117-85-59-79-81(61-87(85)119-71(21-9)53-27-15-3)101-111-99(79)109-97-77-57-75-76(96-94-93(95(75)123-96)106(67-47-39-33-40-48-67)91(65-43-35-31-36-44-65)92(66-45-37-32-38-46-66)107(94,105(106)116)68-49-41-34-42-50-68)58-78(77)98(108-97)110-100-80-60-86(118-70(20-8)52-26-14-2)88(120-72(22-10)54-28-16-4)62-82(80)102(112-100)114-104-84-64-90(122-74(24-12)56-30-18-6)89(63-83(84)103(113-101)115-104)121-73(23-11)55-29-17-5/h31-50,57-64,69-74,93-96H,13-30,51-56H2,1-12H3,(H2,108,109,110,111,112,113,114,115)/t69?,70?,71?,72?,73?,74?,93?,94?,95-,96?,106+,107-/m0/s1. The van der Waals surface area contributed by atoms with Gasteiger partial charge in [0.05, 0.1) is 59.7 Å².